The largest absolute Gasteiger partial charge is 0.497 e. The van der Waals surface area contributed by atoms with Gasteiger partial charge < -0.3 is 24.0 Å². The van der Waals surface area contributed by atoms with Crippen molar-refractivity contribution in [2.75, 3.05) is 38.9 Å². The molecular formula is C33H30ClN5O5S. The highest BCUT2D eigenvalue weighted by Crippen LogP contribution is 2.31. The molecule has 2 aromatic carbocycles. The molecule has 0 atom stereocenters. The molecule has 0 spiro atoms. The van der Waals surface area contributed by atoms with E-state index < -0.39 is 0 Å². The fraction of sp³-hybridized carbons (Fsp3) is 0.212. The number of carbonyl (C=O) groups is 2. The number of rotatable bonds is 10. The van der Waals surface area contributed by atoms with Crippen molar-refractivity contribution in [2.24, 2.45) is 0 Å². The zero-order valence-corrected chi connectivity index (χ0v) is 26.3. The molecule has 230 valence electrons. The average molecular weight is 644 g/mol. The summed E-state index contributed by atoms with van der Waals surface area (Å²) >= 11 is 7.46. The van der Waals surface area contributed by atoms with Crippen molar-refractivity contribution < 1.29 is 23.8 Å². The molecule has 0 radical (unpaired) electrons. The van der Waals surface area contributed by atoms with Crippen molar-refractivity contribution in [3.63, 3.8) is 0 Å². The van der Waals surface area contributed by atoms with Crippen molar-refractivity contribution in [2.45, 2.75) is 13.1 Å². The number of morpholine rings is 1. The van der Waals surface area contributed by atoms with Gasteiger partial charge in [-0.15, -0.1) is 11.3 Å². The Hall–Kier alpha value is -4.71. The molecule has 1 aliphatic heterocycles. The van der Waals surface area contributed by atoms with Crippen LogP contribution >= 0.6 is 22.9 Å². The Labute approximate surface area is 269 Å². The van der Waals surface area contributed by atoms with E-state index in [1.54, 1.807) is 59.3 Å². The molecule has 45 heavy (non-hydrogen) atoms. The van der Waals surface area contributed by atoms with E-state index in [1.165, 1.54) is 11.3 Å². The topological polar surface area (TPSA) is 99.0 Å². The number of ether oxygens (including phenoxy) is 3. The molecule has 5 aromatic rings. The van der Waals surface area contributed by atoms with Gasteiger partial charge in [-0.2, -0.15) is 5.10 Å². The van der Waals surface area contributed by atoms with Gasteiger partial charge in [0.05, 0.1) is 54.5 Å². The van der Waals surface area contributed by atoms with Crippen molar-refractivity contribution in [3.8, 4) is 28.4 Å². The Kier molecular flexibility index (Phi) is 9.11. The van der Waals surface area contributed by atoms with E-state index in [0.29, 0.717) is 39.6 Å². The minimum absolute atomic E-state index is 0.0689. The van der Waals surface area contributed by atoms with Crippen LogP contribution in [0.1, 0.15) is 20.8 Å². The minimum atomic E-state index is -0.169. The van der Waals surface area contributed by atoms with Gasteiger partial charge in [0.25, 0.3) is 11.8 Å². The van der Waals surface area contributed by atoms with Gasteiger partial charge in [0.2, 0.25) is 0 Å². The van der Waals surface area contributed by atoms with Gasteiger partial charge in [-0.3, -0.25) is 14.6 Å². The first-order valence-electron chi connectivity index (χ1n) is 14.2. The highest BCUT2D eigenvalue weighted by molar-refractivity contribution is 7.17. The molecule has 0 N–H and O–H groups in total. The summed E-state index contributed by atoms with van der Waals surface area (Å²) in [4.78, 5) is 34.5. The van der Waals surface area contributed by atoms with Crippen LogP contribution in [0.4, 0.5) is 5.69 Å². The summed E-state index contributed by atoms with van der Waals surface area (Å²) in [5, 5.41) is 4.95. The second-order valence-corrected chi connectivity index (χ2v) is 12.0. The SMILES string of the molecule is COc1ccc(CN(Cc2cn(-c3ccc(N4CCOCC4=O)cc3)nc2-c2ccncc2)C(=O)c2ccc(Cl)s2)c(OC)c1. The van der Waals surface area contributed by atoms with Gasteiger partial charge >= 0.3 is 0 Å². The summed E-state index contributed by atoms with van der Waals surface area (Å²) in [6, 6.07) is 20.4. The molecule has 6 rings (SSSR count). The van der Waals surface area contributed by atoms with E-state index in [4.69, 9.17) is 30.9 Å². The number of halogens is 1. The van der Waals surface area contributed by atoms with E-state index in [0.717, 1.165) is 28.1 Å². The lowest BCUT2D eigenvalue weighted by Crippen LogP contribution is -2.41. The van der Waals surface area contributed by atoms with Crippen LogP contribution in [0.25, 0.3) is 16.9 Å². The number of nitrogens with zero attached hydrogens (tertiary/aromatic N) is 5. The molecule has 2 amide bonds. The summed E-state index contributed by atoms with van der Waals surface area (Å²) in [7, 11) is 3.19. The predicted octanol–water partition coefficient (Wildman–Crippen LogP) is 5.87. The normalized spacial score (nSPS) is 13.1. The lowest BCUT2D eigenvalue weighted by molar-refractivity contribution is -0.125. The smallest absolute Gasteiger partial charge is 0.264 e. The number of benzene rings is 2. The number of pyridine rings is 1. The van der Waals surface area contributed by atoms with E-state index in [2.05, 4.69) is 4.98 Å². The number of hydrogen-bond donors (Lipinski definition) is 0. The van der Waals surface area contributed by atoms with E-state index in [1.807, 2.05) is 54.7 Å². The number of carbonyl (C=O) groups excluding carboxylic acids is 2. The standard InChI is InChI=1S/C33H30ClN5O5S/c1-42-27-8-3-23(28(17-27)43-2)18-37(33(41)29-9-10-30(34)45-29)19-24-20-39(36-32(24)22-11-13-35-14-12-22)26-6-4-25(5-7-26)38-15-16-44-21-31(38)40/h3-14,17,20H,15-16,18-19,21H2,1-2H3. The highest BCUT2D eigenvalue weighted by Gasteiger charge is 2.24. The Bertz CT molecular complexity index is 1810. The number of anilines is 1. The first-order valence-corrected chi connectivity index (χ1v) is 15.4. The summed E-state index contributed by atoms with van der Waals surface area (Å²) in [5.74, 6) is 1.03. The Morgan fingerprint density at radius 3 is 2.42 bits per heavy atom. The third-order valence-corrected chi connectivity index (χ3v) is 8.66. The fourth-order valence-corrected chi connectivity index (χ4v) is 6.18. The molecule has 1 aliphatic rings. The Morgan fingerprint density at radius 1 is 0.978 bits per heavy atom. The van der Waals surface area contributed by atoms with Gasteiger partial charge in [0.1, 0.15) is 18.1 Å². The van der Waals surface area contributed by atoms with Crippen molar-refractivity contribution >= 4 is 40.4 Å². The molecule has 0 bridgehead atoms. The third kappa shape index (κ3) is 6.70. The molecule has 1 saturated heterocycles. The van der Waals surface area contributed by atoms with Gasteiger partial charge in [-0.1, -0.05) is 11.6 Å². The number of methoxy groups -OCH3 is 2. The Balaban J connectivity index is 1.37. The third-order valence-electron chi connectivity index (χ3n) is 7.44. The Morgan fingerprint density at radius 2 is 1.73 bits per heavy atom. The van der Waals surface area contributed by atoms with E-state index in [-0.39, 0.29) is 31.5 Å². The monoisotopic (exact) mass is 643 g/mol. The lowest BCUT2D eigenvalue weighted by atomic mass is 10.1. The van der Waals surface area contributed by atoms with Crippen molar-refractivity contribution in [1.82, 2.24) is 19.7 Å². The number of aromatic nitrogens is 3. The van der Waals surface area contributed by atoms with Crippen LogP contribution in [0.5, 0.6) is 11.5 Å². The molecule has 0 unspecified atom stereocenters. The van der Waals surface area contributed by atoms with Crippen LogP contribution in [0.15, 0.2) is 85.3 Å². The lowest BCUT2D eigenvalue weighted by Gasteiger charge is -2.26. The first-order chi connectivity index (χ1) is 21.9. The quantitative estimate of drug-likeness (QED) is 0.188. The number of thiophene rings is 1. The van der Waals surface area contributed by atoms with Crippen LogP contribution in [0.3, 0.4) is 0 Å². The molecule has 4 heterocycles. The van der Waals surface area contributed by atoms with E-state index in [9.17, 15) is 9.59 Å². The second kappa shape index (κ2) is 13.5. The van der Waals surface area contributed by atoms with Crippen LogP contribution in [-0.2, 0) is 22.6 Å². The second-order valence-electron chi connectivity index (χ2n) is 10.2. The highest BCUT2D eigenvalue weighted by atomic mass is 35.5. The van der Waals surface area contributed by atoms with Gasteiger partial charge in [-0.05, 0) is 60.7 Å². The van der Waals surface area contributed by atoms with Crippen LogP contribution in [0.2, 0.25) is 4.34 Å². The summed E-state index contributed by atoms with van der Waals surface area (Å²) in [6.07, 6.45) is 5.35. The maximum atomic E-state index is 14.0. The molecular weight excluding hydrogens is 614 g/mol. The average Bonchev–Trinajstić information content (AvgIpc) is 3.71. The zero-order valence-electron chi connectivity index (χ0n) is 24.7. The van der Waals surface area contributed by atoms with Crippen LogP contribution in [-0.4, -0.2) is 65.5 Å². The minimum Gasteiger partial charge on any atom is -0.497 e. The van der Waals surface area contributed by atoms with Crippen LogP contribution in [0, 0.1) is 0 Å². The molecule has 12 heteroatoms. The predicted molar refractivity (Wildman–Crippen MR) is 172 cm³/mol. The molecule has 3 aromatic heterocycles. The molecule has 0 saturated carbocycles. The fourth-order valence-electron chi connectivity index (χ4n) is 5.17. The number of amides is 2. The van der Waals surface area contributed by atoms with Gasteiger partial charge in [-0.25, -0.2) is 4.68 Å². The summed E-state index contributed by atoms with van der Waals surface area (Å²) in [5.41, 5.74) is 4.84. The molecule has 0 aliphatic carbocycles. The maximum Gasteiger partial charge on any atom is 0.264 e. The maximum absolute atomic E-state index is 14.0. The zero-order chi connectivity index (χ0) is 31.3. The van der Waals surface area contributed by atoms with Crippen molar-refractivity contribution in [1.29, 1.82) is 0 Å². The first kappa shape index (κ1) is 30.3. The van der Waals surface area contributed by atoms with Gasteiger partial charge in [0, 0.05) is 53.6 Å². The molecule has 1 fully saturated rings. The van der Waals surface area contributed by atoms with E-state index >= 15 is 0 Å². The van der Waals surface area contributed by atoms with Crippen LogP contribution < -0.4 is 14.4 Å². The summed E-state index contributed by atoms with van der Waals surface area (Å²) in [6.45, 7) is 1.61. The summed E-state index contributed by atoms with van der Waals surface area (Å²) < 4.78 is 18.6. The molecule has 10 nitrogen and oxygen atoms in total. The number of hydrogen-bond acceptors (Lipinski definition) is 8. The van der Waals surface area contributed by atoms with Crippen molar-refractivity contribution in [3.05, 3.63) is 106 Å². The van der Waals surface area contributed by atoms with Gasteiger partial charge in [0.15, 0.2) is 0 Å².